The summed E-state index contributed by atoms with van der Waals surface area (Å²) < 4.78 is 11.7. The summed E-state index contributed by atoms with van der Waals surface area (Å²) in [7, 11) is 0. The van der Waals surface area contributed by atoms with E-state index in [4.69, 9.17) is 14.9 Å². The zero-order valence-corrected chi connectivity index (χ0v) is 19.5. The number of aromatic nitrogens is 4. The van der Waals surface area contributed by atoms with Crippen LogP contribution in [0.25, 0.3) is 22.6 Å². The number of aryl methyl sites for hydroxylation is 1. The number of benzene rings is 2. The van der Waals surface area contributed by atoms with E-state index < -0.39 is 5.43 Å². The molecule has 9 heteroatoms. The number of tetrazole rings is 1. The van der Waals surface area contributed by atoms with Crippen molar-refractivity contribution in [3.63, 3.8) is 0 Å². The third kappa shape index (κ3) is 5.29. The fourth-order valence-electron chi connectivity index (χ4n) is 3.84. The van der Waals surface area contributed by atoms with E-state index in [2.05, 4.69) is 27.2 Å². The minimum absolute atomic E-state index is 0.0303. The first-order valence-corrected chi connectivity index (χ1v) is 11.5. The summed E-state index contributed by atoms with van der Waals surface area (Å²) in [6.07, 6.45) is 7.36. The number of hydrogen-bond acceptors (Lipinski definition) is 8. The van der Waals surface area contributed by atoms with E-state index >= 15 is 0 Å². The fourth-order valence-corrected chi connectivity index (χ4v) is 3.84. The number of nitrogens with zero attached hydrogens (tertiary/aromatic N) is 3. The van der Waals surface area contributed by atoms with E-state index in [0.717, 1.165) is 37.7 Å². The second-order valence-electron chi connectivity index (χ2n) is 8.29. The molecule has 0 unspecified atom stereocenters. The van der Waals surface area contributed by atoms with Crippen LogP contribution in [0, 0.1) is 6.92 Å². The van der Waals surface area contributed by atoms with Crippen LogP contribution < -0.4 is 15.9 Å². The molecule has 35 heavy (non-hydrogen) atoms. The van der Waals surface area contributed by atoms with E-state index in [1.165, 1.54) is 0 Å². The van der Waals surface area contributed by atoms with Gasteiger partial charge in [-0.15, -0.1) is 16.8 Å². The molecular weight excluding hydrogens is 446 g/mol. The predicted octanol–water partition coefficient (Wildman–Crippen LogP) is 4.61. The number of ether oxygens (including phenoxy) is 1. The van der Waals surface area contributed by atoms with Crippen molar-refractivity contribution in [1.82, 2.24) is 20.6 Å². The zero-order chi connectivity index (χ0) is 24.8. The molecule has 180 valence electrons. The molecular formula is C26H27N5O4. The Labute approximate surface area is 202 Å². The lowest BCUT2D eigenvalue weighted by molar-refractivity contribution is 0.103. The Morgan fingerprint density at radius 1 is 1.17 bits per heavy atom. The Bertz CT molecular complexity index is 1390. The first-order chi connectivity index (χ1) is 17.0. The molecule has 9 nitrogen and oxygen atoms in total. The smallest absolute Gasteiger partial charge is 0.242 e. The van der Waals surface area contributed by atoms with Gasteiger partial charge in [0, 0.05) is 5.56 Å². The van der Waals surface area contributed by atoms with Crippen LogP contribution in [0.3, 0.4) is 0 Å². The standard InChI is InChI=1S/C26H27N5O4/c1-3-4-5-6-7-8-13-34-18-11-9-17(10-12-18)22(32)19-14-16(2)15-20-23(33)21(27)25(35-24(19)20)26-28-30-31-29-26/h3,9-12,14-15H,1,4-8,13,27H2,2H3,(H,28,29,30,31). The lowest BCUT2D eigenvalue weighted by Gasteiger charge is -2.10. The van der Waals surface area contributed by atoms with Gasteiger partial charge in [0.15, 0.2) is 5.78 Å². The number of carbonyl (C=O) groups is 1. The molecule has 0 spiro atoms. The number of H-pyrrole nitrogens is 1. The Balaban J connectivity index is 1.57. The van der Waals surface area contributed by atoms with Gasteiger partial charge in [0.2, 0.25) is 17.0 Å². The molecule has 0 aliphatic rings. The third-order valence-electron chi connectivity index (χ3n) is 5.65. The van der Waals surface area contributed by atoms with Gasteiger partial charge in [-0.3, -0.25) is 9.59 Å². The second kappa shape index (κ2) is 10.8. The quantitative estimate of drug-likeness (QED) is 0.183. The van der Waals surface area contributed by atoms with E-state index in [-0.39, 0.29) is 39.6 Å². The number of nitrogen functional groups attached to an aromatic ring is 1. The number of ketones is 1. The van der Waals surface area contributed by atoms with E-state index in [0.29, 0.717) is 17.9 Å². The molecule has 0 fully saturated rings. The van der Waals surface area contributed by atoms with Gasteiger partial charge in [0.1, 0.15) is 17.0 Å². The van der Waals surface area contributed by atoms with Gasteiger partial charge in [-0.1, -0.05) is 18.9 Å². The summed E-state index contributed by atoms with van der Waals surface area (Å²) in [6.45, 7) is 6.15. The van der Waals surface area contributed by atoms with Crippen molar-refractivity contribution in [2.24, 2.45) is 0 Å². The Kier molecular flexibility index (Phi) is 7.35. The fraction of sp³-hybridized carbons (Fsp3) is 0.269. The highest BCUT2D eigenvalue weighted by Crippen LogP contribution is 2.29. The number of hydrogen-bond donors (Lipinski definition) is 2. The summed E-state index contributed by atoms with van der Waals surface area (Å²) in [5.41, 5.74) is 6.92. The molecule has 2 aromatic heterocycles. The molecule has 2 heterocycles. The Morgan fingerprint density at radius 3 is 2.66 bits per heavy atom. The summed E-state index contributed by atoms with van der Waals surface area (Å²) in [5.74, 6) is 0.393. The van der Waals surface area contributed by atoms with E-state index in [9.17, 15) is 9.59 Å². The van der Waals surface area contributed by atoms with Gasteiger partial charge in [-0.2, -0.15) is 5.21 Å². The van der Waals surface area contributed by atoms with Crippen LogP contribution in [0.15, 0.2) is 58.3 Å². The van der Waals surface area contributed by atoms with Crippen molar-refractivity contribution in [2.75, 3.05) is 12.3 Å². The normalized spacial score (nSPS) is 11.0. The number of nitrogens with two attached hydrogens (primary N) is 1. The maximum absolute atomic E-state index is 13.4. The number of nitrogens with one attached hydrogen (secondary N) is 1. The number of unbranched alkanes of at least 4 members (excludes halogenated alkanes) is 4. The van der Waals surface area contributed by atoms with Crippen molar-refractivity contribution in [3.8, 4) is 17.3 Å². The third-order valence-corrected chi connectivity index (χ3v) is 5.65. The summed E-state index contributed by atoms with van der Waals surface area (Å²) >= 11 is 0. The van der Waals surface area contributed by atoms with Crippen molar-refractivity contribution in [3.05, 3.63) is 76.0 Å². The minimum Gasteiger partial charge on any atom is -0.494 e. The number of rotatable bonds is 11. The van der Waals surface area contributed by atoms with Gasteiger partial charge >= 0.3 is 0 Å². The molecule has 0 saturated heterocycles. The largest absolute Gasteiger partial charge is 0.494 e. The molecule has 4 rings (SSSR count). The van der Waals surface area contributed by atoms with Gasteiger partial charge in [-0.05, 0) is 73.4 Å². The molecule has 0 aliphatic carbocycles. The molecule has 0 saturated carbocycles. The Morgan fingerprint density at radius 2 is 1.94 bits per heavy atom. The first-order valence-electron chi connectivity index (χ1n) is 11.5. The molecule has 0 amide bonds. The monoisotopic (exact) mass is 473 g/mol. The van der Waals surface area contributed by atoms with Crippen LogP contribution in [-0.4, -0.2) is 33.0 Å². The summed E-state index contributed by atoms with van der Waals surface area (Å²) in [5, 5.41) is 13.7. The molecule has 4 aromatic rings. The molecule has 0 bridgehead atoms. The number of carbonyl (C=O) groups excluding carboxylic acids is 1. The topological polar surface area (TPSA) is 137 Å². The van der Waals surface area contributed by atoms with Crippen molar-refractivity contribution < 1.29 is 13.9 Å². The van der Waals surface area contributed by atoms with Crippen LogP contribution in [0.2, 0.25) is 0 Å². The van der Waals surface area contributed by atoms with E-state index in [1.807, 2.05) is 6.08 Å². The van der Waals surface area contributed by atoms with Gasteiger partial charge in [0.05, 0.1) is 17.6 Å². The first kappa shape index (κ1) is 23.9. The van der Waals surface area contributed by atoms with Crippen LogP contribution >= 0.6 is 0 Å². The summed E-state index contributed by atoms with van der Waals surface area (Å²) in [4.78, 5) is 26.4. The molecule has 0 radical (unpaired) electrons. The van der Waals surface area contributed by atoms with Crippen molar-refractivity contribution in [1.29, 1.82) is 0 Å². The van der Waals surface area contributed by atoms with Gasteiger partial charge < -0.3 is 14.9 Å². The lowest BCUT2D eigenvalue weighted by atomic mass is 9.98. The van der Waals surface area contributed by atoms with Crippen LogP contribution in [0.4, 0.5) is 5.69 Å². The number of anilines is 1. The van der Waals surface area contributed by atoms with Crippen LogP contribution in [-0.2, 0) is 0 Å². The SMILES string of the molecule is C=CCCCCCCOc1ccc(C(=O)c2cc(C)cc3c(=O)c(N)c(-c4nn[nH]n4)oc23)cc1. The highest BCUT2D eigenvalue weighted by Gasteiger charge is 2.22. The zero-order valence-electron chi connectivity index (χ0n) is 19.5. The Hall–Kier alpha value is -4.27. The highest BCUT2D eigenvalue weighted by atomic mass is 16.5. The van der Waals surface area contributed by atoms with Crippen molar-refractivity contribution >= 4 is 22.4 Å². The average Bonchev–Trinajstić information content (AvgIpc) is 3.40. The molecule has 2 aromatic carbocycles. The van der Waals surface area contributed by atoms with E-state index in [1.54, 1.807) is 43.3 Å². The second-order valence-corrected chi connectivity index (χ2v) is 8.29. The maximum atomic E-state index is 13.4. The minimum atomic E-state index is -0.461. The highest BCUT2D eigenvalue weighted by molar-refractivity contribution is 6.15. The van der Waals surface area contributed by atoms with Gasteiger partial charge in [0.25, 0.3) is 0 Å². The predicted molar refractivity (Wildman–Crippen MR) is 133 cm³/mol. The van der Waals surface area contributed by atoms with Crippen LogP contribution in [0.5, 0.6) is 5.75 Å². The molecule has 0 aliphatic heterocycles. The maximum Gasteiger partial charge on any atom is 0.242 e. The van der Waals surface area contributed by atoms with Crippen molar-refractivity contribution in [2.45, 2.75) is 39.0 Å². The van der Waals surface area contributed by atoms with Gasteiger partial charge in [-0.25, -0.2) is 0 Å². The number of aromatic amines is 1. The summed E-state index contributed by atoms with van der Waals surface area (Å²) in [6, 6.07) is 10.3. The number of fused-ring (bicyclic) bond motifs is 1. The average molecular weight is 474 g/mol. The van der Waals surface area contributed by atoms with Crippen LogP contribution in [0.1, 0.15) is 53.6 Å². The molecule has 3 N–H and O–H groups in total. The lowest BCUT2D eigenvalue weighted by Crippen LogP contribution is -2.13. The molecule has 0 atom stereocenters. The number of allylic oxidation sites excluding steroid dienone is 1.